The number of pyridine rings is 1. The van der Waals surface area contributed by atoms with E-state index in [0.717, 1.165) is 54.3 Å². The molecular formula is C25H20Br2N2O. The molecule has 0 saturated carbocycles. The lowest BCUT2D eigenvalue weighted by atomic mass is 10.0. The lowest BCUT2D eigenvalue weighted by molar-refractivity contribution is 0.102. The number of hydrogen-bond donors (Lipinski definition) is 1. The minimum absolute atomic E-state index is 0.144. The number of fused-ring (bicyclic) bond motifs is 1. The van der Waals surface area contributed by atoms with Gasteiger partial charge in [-0.05, 0) is 60.9 Å². The van der Waals surface area contributed by atoms with Crippen LogP contribution in [0.25, 0.3) is 22.2 Å². The zero-order valence-electron chi connectivity index (χ0n) is 16.7. The van der Waals surface area contributed by atoms with E-state index in [2.05, 4.69) is 44.1 Å². The summed E-state index contributed by atoms with van der Waals surface area (Å²) in [6, 6.07) is 21.7. The number of benzene rings is 3. The number of carbonyl (C=O) groups excluding carboxylic acids is 1. The molecule has 4 aromatic rings. The maximum Gasteiger partial charge on any atom is 0.256 e. The van der Waals surface area contributed by atoms with Crippen molar-refractivity contribution in [1.82, 2.24) is 4.98 Å². The highest BCUT2D eigenvalue weighted by Crippen LogP contribution is 2.30. The van der Waals surface area contributed by atoms with Gasteiger partial charge >= 0.3 is 0 Å². The average Bonchev–Trinajstić information content (AvgIpc) is 2.75. The smallest absolute Gasteiger partial charge is 0.256 e. The lowest BCUT2D eigenvalue weighted by Gasteiger charge is -2.14. The molecule has 1 amide bonds. The van der Waals surface area contributed by atoms with Crippen LogP contribution in [0.1, 0.15) is 28.4 Å². The zero-order chi connectivity index (χ0) is 21.3. The summed E-state index contributed by atoms with van der Waals surface area (Å²) in [5.74, 6) is -0.144. The van der Waals surface area contributed by atoms with E-state index in [1.807, 2.05) is 73.7 Å². The summed E-state index contributed by atoms with van der Waals surface area (Å²) in [5.41, 5.74) is 6.12. The topological polar surface area (TPSA) is 42.0 Å². The van der Waals surface area contributed by atoms with Crippen LogP contribution in [-0.2, 0) is 6.42 Å². The Morgan fingerprint density at radius 3 is 2.47 bits per heavy atom. The van der Waals surface area contributed by atoms with E-state index in [4.69, 9.17) is 4.98 Å². The van der Waals surface area contributed by atoms with Crippen LogP contribution in [0, 0.1) is 6.92 Å². The third kappa shape index (κ3) is 4.18. The van der Waals surface area contributed by atoms with Crippen LogP contribution in [0.15, 0.2) is 75.7 Å². The summed E-state index contributed by atoms with van der Waals surface area (Å²) in [5, 5.41) is 3.94. The first-order chi connectivity index (χ1) is 14.5. The molecule has 1 heterocycles. The summed E-state index contributed by atoms with van der Waals surface area (Å²) in [4.78, 5) is 18.3. The molecule has 5 heteroatoms. The highest BCUT2D eigenvalue weighted by atomic mass is 79.9. The number of nitrogens with zero attached hydrogens (tertiary/aromatic N) is 1. The molecule has 0 bridgehead atoms. The molecule has 3 aromatic carbocycles. The molecule has 0 saturated heterocycles. The Hall–Kier alpha value is -2.50. The summed E-state index contributed by atoms with van der Waals surface area (Å²) in [6.07, 6.45) is 0.825. The Labute approximate surface area is 192 Å². The van der Waals surface area contributed by atoms with Gasteiger partial charge in [0.15, 0.2) is 0 Å². The van der Waals surface area contributed by atoms with Gasteiger partial charge in [-0.2, -0.15) is 0 Å². The van der Waals surface area contributed by atoms with Crippen molar-refractivity contribution in [3.8, 4) is 11.3 Å². The number of aromatic nitrogens is 1. The van der Waals surface area contributed by atoms with Gasteiger partial charge in [0, 0.05) is 25.6 Å². The van der Waals surface area contributed by atoms with E-state index < -0.39 is 0 Å². The molecule has 30 heavy (non-hydrogen) atoms. The Kier molecular flexibility index (Phi) is 6.02. The van der Waals surface area contributed by atoms with Crippen LogP contribution >= 0.6 is 31.9 Å². The van der Waals surface area contributed by atoms with Crippen molar-refractivity contribution >= 4 is 54.4 Å². The van der Waals surface area contributed by atoms with Gasteiger partial charge < -0.3 is 5.32 Å². The number of rotatable bonds is 4. The first-order valence-electron chi connectivity index (χ1n) is 9.72. The standard InChI is InChI=1S/C25H20Br2N2O/c1-3-16-12-18(26)9-10-22(16)29-25(30)21-14-23(17-7-5-4-6-8-17)28-24-15(2)11-19(27)13-20(21)24/h4-14H,3H2,1-2H3,(H,29,30). The summed E-state index contributed by atoms with van der Waals surface area (Å²) >= 11 is 7.07. The van der Waals surface area contributed by atoms with Gasteiger partial charge in [0.25, 0.3) is 5.91 Å². The number of nitrogens with one attached hydrogen (secondary N) is 1. The zero-order valence-corrected chi connectivity index (χ0v) is 19.8. The van der Waals surface area contributed by atoms with E-state index in [1.165, 1.54) is 0 Å². The molecular weight excluding hydrogens is 504 g/mol. The first kappa shape index (κ1) is 20.8. The van der Waals surface area contributed by atoms with Crippen LogP contribution in [0.4, 0.5) is 5.69 Å². The van der Waals surface area contributed by atoms with Gasteiger partial charge in [-0.1, -0.05) is 69.1 Å². The maximum atomic E-state index is 13.4. The minimum atomic E-state index is -0.144. The van der Waals surface area contributed by atoms with E-state index >= 15 is 0 Å². The maximum absolute atomic E-state index is 13.4. The van der Waals surface area contributed by atoms with Gasteiger partial charge in [0.1, 0.15) is 0 Å². The Bertz CT molecular complexity index is 1250. The molecule has 0 aliphatic rings. The van der Waals surface area contributed by atoms with Gasteiger partial charge in [-0.15, -0.1) is 0 Å². The fourth-order valence-corrected chi connectivity index (χ4v) is 4.55. The summed E-state index contributed by atoms with van der Waals surface area (Å²) < 4.78 is 1.92. The van der Waals surface area contributed by atoms with E-state index in [1.54, 1.807) is 0 Å². The van der Waals surface area contributed by atoms with Crippen molar-refractivity contribution in [2.75, 3.05) is 5.32 Å². The summed E-state index contributed by atoms with van der Waals surface area (Å²) in [7, 11) is 0. The second-order valence-electron chi connectivity index (χ2n) is 7.15. The fraction of sp³-hybridized carbons (Fsp3) is 0.120. The van der Waals surface area contributed by atoms with Gasteiger partial charge in [0.2, 0.25) is 0 Å². The highest BCUT2D eigenvalue weighted by molar-refractivity contribution is 9.10. The van der Waals surface area contributed by atoms with Gasteiger partial charge in [0.05, 0.1) is 16.8 Å². The quantitative estimate of drug-likeness (QED) is 0.300. The molecule has 1 aromatic heterocycles. The second-order valence-corrected chi connectivity index (χ2v) is 8.98. The van der Waals surface area contributed by atoms with Crippen molar-refractivity contribution in [2.45, 2.75) is 20.3 Å². The molecule has 0 spiro atoms. The van der Waals surface area contributed by atoms with Crippen LogP contribution < -0.4 is 5.32 Å². The molecule has 150 valence electrons. The average molecular weight is 524 g/mol. The molecule has 0 atom stereocenters. The third-order valence-electron chi connectivity index (χ3n) is 5.08. The van der Waals surface area contributed by atoms with Crippen molar-refractivity contribution in [3.05, 3.63) is 92.4 Å². The Morgan fingerprint density at radius 1 is 0.967 bits per heavy atom. The number of aryl methyl sites for hydroxylation is 2. The van der Waals surface area contributed by atoms with Crippen LogP contribution in [0.3, 0.4) is 0 Å². The molecule has 0 aliphatic carbocycles. The number of amides is 1. The SMILES string of the molecule is CCc1cc(Br)ccc1NC(=O)c1cc(-c2ccccc2)nc2c(C)cc(Br)cc12. The highest BCUT2D eigenvalue weighted by Gasteiger charge is 2.17. The third-order valence-corrected chi connectivity index (χ3v) is 6.03. The molecule has 0 fully saturated rings. The predicted octanol–water partition coefficient (Wildman–Crippen LogP) is 7.55. The Balaban J connectivity index is 1.87. The minimum Gasteiger partial charge on any atom is -0.322 e. The van der Waals surface area contributed by atoms with Crippen LogP contribution in [0.2, 0.25) is 0 Å². The summed E-state index contributed by atoms with van der Waals surface area (Å²) in [6.45, 7) is 4.09. The van der Waals surface area contributed by atoms with Crippen molar-refractivity contribution in [1.29, 1.82) is 0 Å². The number of carbonyl (C=O) groups is 1. The van der Waals surface area contributed by atoms with E-state index in [0.29, 0.717) is 5.56 Å². The van der Waals surface area contributed by atoms with Crippen molar-refractivity contribution < 1.29 is 4.79 Å². The monoisotopic (exact) mass is 522 g/mol. The van der Waals surface area contributed by atoms with Crippen molar-refractivity contribution in [3.63, 3.8) is 0 Å². The first-order valence-corrected chi connectivity index (χ1v) is 11.3. The number of halogens is 2. The molecule has 0 unspecified atom stereocenters. The lowest BCUT2D eigenvalue weighted by Crippen LogP contribution is -2.14. The number of anilines is 1. The fourth-order valence-electron chi connectivity index (χ4n) is 3.57. The van der Waals surface area contributed by atoms with Crippen molar-refractivity contribution in [2.24, 2.45) is 0 Å². The largest absolute Gasteiger partial charge is 0.322 e. The van der Waals surface area contributed by atoms with Crippen LogP contribution in [0.5, 0.6) is 0 Å². The molecule has 1 N–H and O–H groups in total. The predicted molar refractivity (Wildman–Crippen MR) is 131 cm³/mol. The Morgan fingerprint density at radius 2 is 1.73 bits per heavy atom. The normalized spacial score (nSPS) is 10.9. The van der Waals surface area contributed by atoms with E-state index in [9.17, 15) is 4.79 Å². The van der Waals surface area contributed by atoms with Crippen LogP contribution in [-0.4, -0.2) is 10.9 Å². The number of hydrogen-bond acceptors (Lipinski definition) is 2. The molecule has 0 aliphatic heterocycles. The second kappa shape index (κ2) is 8.70. The molecule has 3 nitrogen and oxygen atoms in total. The van der Waals surface area contributed by atoms with Gasteiger partial charge in [-0.25, -0.2) is 4.98 Å². The molecule has 4 rings (SSSR count). The van der Waals surface area contributed by atoms with Gasteiger partial charge in [-0.3, -0.25) is 4.79 Å². The van der Waals surface area contributed by atoms with E-state index in [-0.39, 0.29) is 5.91 Å². The molecule has 0 radical (unpaired) electrons.